The molecule has 0 aromatic heterocycles. The standard InChI is InChI=1S/C8H8ClO2/c1-2-5-3-4-6(10)7(9)8(5)11/h3-4,10-11H,1-2H2. The van der Waals surface area contributed by atoms with Crippen LogP contribution >= 0.6 is 11.6 Å². The van der Waals surface area contributed by atoms with E-state index in [0.717, 1.165) is 0 Å². The molecule has 0 aliphatic rings. The SMILES string of the molecule is [CH2]Cc1ccc(O)c(Cl)c1O. The fourth-order valence-electron chi connectivity index (χ4n) is 0.796. The number of benzene rings is 1. The Labute approximate surface area is 70.1 Å². The first-order valence-corrected chi connectivity index (χ1v) is 3.53. The monoisotopic (exact) mass is 171 g/mol. The van der Waals surface area contributed by atoms with E-state index in [1.807, 2.05) is 0 Å². The summed E-state index contributed by atoms with van der Waals surface area (Å²) in [5.74, 6) is -0.192. The fraction of sp³-hybridized carbons (Fsp3) is 0.125. The molecule has 0 unspecified atom stereocenters. The van der Waals surface area contributed by atoms with Gasteiger partial charge in [0.05, 0.1) is 0 Å². The molecule has 0 aliphatic carbocycles. The number of halogens is 1. The molecule has 2 nitrogen and oxygen atoms in total. The van der Waals surface area contributed by atoms with Gasteiger partial charge in [-0.1, -0.05) is 17.7 Å². The lowest BCUT2D eigenvalue weighted by Crippen LogP contribution is -1.82. The molecule has 0 saturated heterocycles. The molecule has 1 radical (unpaired) electrons. The Hall–Kier alpha value is -0.890. The van der Waals surface area contributed by atoms with Gasteiger partial charge in [-0.05, 0) is 25.0 Å². The number of phenolic OH excluding ortho intramolecular Hbond substituents is 2. The third kappa shape index (κ3) is 1.40. The Morgan fingerprint density at radius 1 is 1.36 bits per heavy atom. The molecule has 1 aromatic carbocycles. The predicted molar refractivity (Wildman–Crippen MR) is 43.8 cm³/mol. The summed E-state index contributed by atoms with van der Waals surface area (Å²) in [4.78, 5) is 0. The number of aromatic hydroxyl groups is 2. The Balaban J connectivity index is 3.25. The highest BCUT2D eigenvalue weighted by molar-refractivity contribution is 6.33. The van der Waals surface area contributed by atoms with Crippen LogP contribution in [0.25, 0.3) is 0 Å². The highest BCUT2D eigenvalue weighted by Gasteiger charge is 2.07. The molecule has 59 valence electrons. The van der Waals surface area contributed by atoms with Gasteiger partial charge in [0.1, 0.15) is 16.5 Å². The summed E-state index contributed by atoms with van der Waals surface area (Å²) < 4.78 is 0. The van der Waals surface area contributed by atoms with Crippen LogP contribution in [0.3, 0.4) is 0 Å². The second-order valence-corrected chi connectivity index (χ2v) is 2.53. The molecule has 1 aromatic rings. The lowest BCUT2D eigenvalue weighted by molar-refractivity contribution is 0.447. The highest BCUT2D eigenvalue weighted by Crippen LogP contribution is 2.35. The molecule has 0 spiro atoms. The van der Waals surface area contributed by atoms with Gasteiger partial charge < -0.3 is 10.2 Å². The maximum absolute atomic E-state index is 9.25. The van der Waals surface area contributed by atoms with Crippen LogP contribution in [-0.2, 0) is 6.42 Å². The van der Waals surface area contributed by atoms with E-state index < -0.39 is 0 Å². The molecule has 1 rings (SSSR count). The van der Waals surface area contributed by atoms with E-state index in [1.54, 1.807) is 6.07 Å². The topological polar surface area (TPSA) is 40.5 Å². The van der Waals surface area contributed by atoms with Crippen molar-refractivity contribution in [2.24, 2.45) is 0 Å². The van der Waals surface area contributed by atoms with E-state index in [9.17, 15) is 5.11 Å². The van der Waals surface area contributed by atoms with Gasteiger partial charge in [0.25, 0.3) is 0 Å². The zero-order chi connectivity index (χ0) is 8.43. The molecular formula is C8H8ClO2. The van der Waals surface area contributed by atoms with Gasteiger partial charge in [0.2, 0.25) is 0 Å². The lowest BCUT2D eigenvalue weighted by Gasteiger charge is -2.03. The number of hydrogen-bond acceptors (Lipinski definition) is 2. The normalized spacial score (nSPS) is 10.0. The molecule has 0 saturated carbocycles. The van der Waals surface area contributed by atoms with Crippen molar-refractivity contribution in [3.8, 4) is 11.5 Å². The number of phenols is 2. The molecule has 0 atom stereocenters. The minimum atomic E-state index is -0.110. The maximum atomic E-state index is 9.25. The van der Waals surface area contributed by atoms with E-state index in [0.29, 0.717) is 12.0 Å². The van der Waals surface area contributed by atoms with Gasteiger partial charge in [0.15, 0.2) is 0 Å². The second kappa shape index (κ2) is 3.01. The van der Waals surface area contributed by atoms with Gasteiger partial charge in [0, 0.05) is 0 Å². The summed E-state index contributed by atoms with van der Waals surface area (Å²) in [6.07, 6.45) is 0.450. The first kappa shape index (κ1) is 8.21. The van der Waals surface area contributed by atoms with Crippen molar-refractivity contribution in [1.29, 1.82) is 0 Å². The van der Waals surface area contributed by atoms with Gasteiger partial charge in [-0.3, -0.25) is 0 Å². The van der Waals surface area contributed by atoms with Gasteiger partial charge in [-0.2, -0.15) is 0 Å². The van der Waals surface area contributed by atoms with E-state index in [1.165, 1.54) is 6.07 Å². The third-order valence-corrected chi connectivity index (χ3v) is 1.82. The van der Waals surface area contributed by atoms with Crippen molar-refractivity contribution >= 4 is 11.6 Å². The minimum absolute atomic E-state index is 0.00819. The summed E-state index contributed by atoms with van der Waals surface area (Å²) in [6, 6.07) is 3.02. The van der Waals surface area contributed by atoms with Crippen LogP contribution in [0.2, 0.25) is 5.02 Å². The zero-order valence-electron chi connectivity index (χ0n) is 5.84. The first-order chi connectivity index (χ1) is 5.16. The number of hydrogen-bond donors (Lipinski definition) is 2. The molecule has 11 heavy (non-hydrogen) atoms. The summed E-state index contributed by atoms with van der Waals surface area (Å²) in [6.45, 7) is 3.59. The smallest absolute Gasteiger partial charge is 0.141 e. The van der Waals surface area contributed by atoms with Crippen molar-refractivity contribution in [3.05, 3.63) is 29.6 Å². The summed E-state index contributed by atoms with van der Waals surface area (Å²) in [7, 11) is 0. The second-order valence-electron chi connectivity index (χ2n) is 2.16. The van der Waals surface area contributed by atoms with Crippen molar-refractivity contribution in [2.45, 2.75) is 6.42 Å². The van der Waals surface area contributed by atoms with Crippen LogP contribution in [0.1, 0.15) is 5.56 Å². The molecule has 3 heteroatoms. The Kier molecular flexibility index (Phi) is 2.25. The average Bonchev–Trinajstić information content (AvgIpc) is 2.01. The number of rotatable bonds is 1. The van der Waals surface area contributed by atoms with Gasteiger partial charge >= 0.3 is 0 Å². The molecule has 0 aliphatic heterocycles. The fourth-order valence-corrected chi connectivity index (χ4v) is 0.980. The van der Waals surface area contributed by atoms with E-state index in [-0.39, 0.29) is 16.5 Å². The van der Waals surface area contributed by atoms with Gasteiger partial charge in [-0.15, -0.1) is 0 Å². The van der Waals surface area contributed by atoms with E-state index in [4.69, 9.17) is 16.7 Å². The molecule has 0 heterocycles. The summed E-state index contributed by atoms with van der Waals surface area (Å²) in [5, 5.41) is 18.2. The van der Waals surface area contributed by atoms with Crippen LogP contribution in [0.15, 0.2) is 12.1 Å². The van der Waals surface area contributed by atoms with Crippen LogP contribution in [0.5, 0.6) is 11.5 Å². The highest BCUT2D eigenvalue weighted by atomic mass is 35.5. The zero-order valence-corrected chi connectivity index (χ0v) is 6.60. The van der Waals surface area contributed by atoms with Crippen LogP contribution in [-0.4, -0.2) is 10.2 Å². The quantitative estimate of drug-likeness (QED) is 0.680. The Bertz CT molecular complexity index is 271. The molecule has 0 amide bonds. The van der Waals surface area contributed by atoms with Crippen LogP contribution in [0.4, 0.5) is 0 Å². The van der Waals surface area contributed by atoms with Crippen molar-refractivity contribution < 1.29 is 10.2 Å². The molecular weight excluding hydrogens is 164 g/mol. The summed E-state index contributed by atoms with van der Waals surface area (Å²) >= 11 is 5.53. The largest absolute Gasteiger partial charge is 0.506 e. The molecule has 0 bridgehead atoms. The maximum Gasteiger partial charge on any atom is 0.141 e. The van der Waals surface area contributed by atoms with E-state index in [2.05, 4.69) is 6.92 Å². The minimum Gasteiger partial charge on any atom is -0.506 e. The summed E-state index contributed by atoms with van der Waals surface area (Å²) in [5.41, 5.74) is 0.632. The molecule has 0 fully saturated rings. The van der Waals surface area contributed by atoms with Crippen molar-refractivity contribution in [1.82, 2.24) is 0 Å². The Morgan fingerprint density at radius 2 is 2.00 bits per heavy atom. The van der Waals surface area contributed by atoms with Crippen LogP contribution < -0.4 is 0 Å². The third-order valence-electron chi connectivity index (χ3n) is 1.45. The van der Waals surface area contributed by atoms with Gasteiger partial charge in [-0.25, -0.2) is 0 Å². The lowest BCUT2D eigenvalue weighted by atomic mass is 10.1. The Morgan fingerprint density at radius 3 is 2.55 bits per heavy atom. The van der Waals surface area contributed by atoms with Crippen molar-refractivity contribution in [2.75, 3.05) is 0 Å². The average molecular weight is 172 g/mol. The van der Waals surface area contributed by atoms with E-state index >= 15 is 0 Å². The van der Waals surface area contributed by atoms with Crippen molar-refractivity contribution in [3.63, 3.8) is 0 Å². The molecule has 2 N–H and O–H groups in total. The predicted octanol–water partition coefficient (Wildman–Crippen LogP) is 2.13. The van der Waals surface area contributed by atoms with Crippen LogP contribution in [0, 0.1) is 6.92 Å². The first-order valence-electron chi connectivity index (χ1n) is 3.15.